The highest BCUT2D eigenvalue weighted by molar-refractivity contribution is 5.94. The van der Waals surface area contributed by atoms with Crippen molar-refractivity contribution in [2.24, 2.45) is 0 Å². The summed E-state index contributed by atoms with van der Waals surface area (Å²) < 4.78 is 54.1. The Balaban J connectivity index is 1.34. The van der Waals surface area contributed by atoms with Crippen LogP contribution < -0.4 is 10.6 Å². The second kappa shape index (κ2) is 8.60. The summed E-state index contributed by atoms with van der Waals surface area (Å²) in [6.45, 7) is -1.15. The van der Waals surface area contributed by atoms with Crippen molar-refractivity contribution in [2.45, 2.75) is 57.7 Å². The number of imidazole rings is 1. The van der Waals surface area contributed by atoms with Crippen molar-refractivity contribution in [1.82, 2.24) is 19.3 Å². The predicted octanol–water partition coefficient (Wildman–Crippen LogP) is 4.93. The second-order valence-electron chi connectivity index (χ2n) is 7.83. The molecule has 2 N–H and O–H groups in total. The number of pyridine rings is 1. The smallest absolute Gasteiger partial charge is 0.318 e. The van der Waals surface area contributed by atoms with Gasteiger partial charge in [-0.15, -0.1) is 0 Å². The van der Waals surface area contributed by atoms with Crippen LogP contribution >= 0.6 is 0 Å². The molecule has 0 atom stereocenters. The maximum atomic E-state index is 13.0. The number of hydrogen-bond acceptors (Lipinski definition) is 3. The van der Waals surface area contributed by atoms with Crippen molar-refractivity contribution in [2.75, 3.05) is 5.32 Å². The van der Waals surface area contributed by atoms with E-state index in [2.05, 4.69) is 15.6 Å². The quantitative estimate of drug-likeness (QED) is 0.538. The molecule has 3 heterocycles. The van der Waals surface area contributed by atoms with Crippen LogP contribution in [-0.4, -0.2) is 31.9 Å². The standard InChI is InChI=1S/C21H23F4N5O/c1-12-9-13(10-29(12)21(24)25)20(31)27-15-7-5-14(6-8-15)26-17-3-2-4-18-28-16(19(22)23)11-30(17)18/h2-4,9-11,14-15,19,21,26H,5-8H2,1H3,(H,27,31)/t14-,15+. The molecular weight excluding hydrogens is 414 g/mol. The molecule has 0 radical (unpaired) electrons. The van der Waals surface area contributed by atoms with E-state index in [1.54, 1.807) is 16.5 Å². The van der Waals surface area contributed by atoms with Crippen LogP contribution in [0.1, 0.15) is 60.4 Å². The molecule has 0 saturated heterocycles. The summed E-state index contributed by atoms with van der Waals surface area (Å²) in [6.07, 6.45) is 2.86. The van der Waals surface area contributed by atoms with Gasteiger partial charge in [0.2, 0.25) is 0 Å². The van der Waals surface area contributed by atoms with E-state index in [1.807, 2.05) is 6.07 Å². The Kier molecular flexibility index (Phi) is 5.88. The minimum Gasteiger partial charge on any atom is -0.368 e. The van der Waals surface area contributed by atoms with Crippen LogP contribution in [-0.2, 0) is 0 Å². The Morgan fingerprint density at radius 1 is 1.10 bits per heavy atom. The molecule has 166 valence electrons. The summed E-state index contributed by atoms with van der Waals surface area (Å²) >= 11 is 0. The van der Waals surface area contributed by atoms with E-state index in [4.69, 9.17) is 0 Å². The van der Waals surface area contributed by atoms with Crippen molar-refractivity contribution in [3.63, 3.8) is 0 Å². The third kappa shape index (κ3) is 4.52. The fraction of sp³-hybridized carbons (Fsp3) is 0.429. The molecule has 1 saturated carbocycles. The molecule has 1 aliphatic rings. The number of aryl methyl sites for hydroxylation is 1. The number of nitrogens with zero attached hydrogens (tertiary/aromatic N) is 3. The molecule has 31 heavy (non-hydrogen) atoms. The van der Waals surface area contributed by atoms with E-state index in [1.165, 1.54) is 25.4 Å². The first-order chi connectivity index (χ1) is 14.8. The van der Waals surface area contributed by atoms with E-state index >= 15 is 0 Å². The highest BCUT2D eigenvalue weighted by atomic mass is 19.3. The SMILES string of the molecule is Cc1cc(C(=O)N[C@H]2CC[C@@H](Nc3cccc4nc(C(F)F)cn34)CC2)cn1C(F)F. The van der Waals surface area contributed by atoms with Gasteiger partial charge in [-0.05, 0) is 50.8 Å². The van der Waals surface area contributed by atoms with Gasteiger partial charge in [-0.3, -0.25) is 13.8 Å². The fourth-order valence-corrected chi connectivity index (χ4v) is 4.04. The second-order valence-corrected chi connectivity index (χ2v) is 7.83. The molecule has 4 rings (SSSR count). The molecule has 0 spiro atoms. The summed E-state index contributed by atoms with van der Waals surface area (Å²) in [6, 6.07) is 6.78. The van der Waals surface area contributed by atoms with Crippen LogP contribution in [0.5, 0.6) is 0 Å². The van der Waals surface area contributed by atoms with Crippen molar-refractivity contribution >= 4 is 17.4 Å². The van der Waals surface area contributed by atoms with Gasteiger partial charge in [0, 0.05) is 30.2 Å². The summed E-state index contributed by atoms with van der Waals surface area (Å²) in [7, 11) is 0. The molecule has 0 aliphatic heterocycles. The zero-order valence-corrected chi connectivity index (χ0v) is 16.9. The van der Waals surface area contributed by atoms with E-state index in [-0.39, 0.29) is 29.2 Å². The average Bonchev–Trinajstić information content (AvgIpc) is 3.34. The van der Waals surface area contributed by atoms with Crippen LogP contribution in [0, 0.1) is 6.92 Å². The molecule has 6 nitrogen and oxygen atoms in total. The van der Waals surface area contributed by atoms with E-state index in [9.17, 15) is 22.4 Å². The van der Waals surface area contributed by atoms with Gasteiger partial charge in [0.05, 0.1) is 5.56 Å². The van der Waals surface area contributed by atoms with E-state index < -0.39 is 13.0 Å². The predicted molar refractivity (Wildman–Crippen MR) is 108 cm³/mol. The van der Waals surface area contributed by atoms with Gasteiger partial charge in [0.25, 0.3) is 12.3 Å². The van der Waals surface area contributed by atoms with E-state index in [0.717, 1.165) is 30.3 Å². The Labute approximate surface area is 176 Å². The topological polar surface area (TPSA) is 63.4 Å². The highest BCUT2D eigenvalue weighted by Gasteiger charge is 2.24. The molecule has 3 aromatic rings. The molecule has 1 aliphatic carbocycles. The summed E-state index contributed by atoms with van der Waals surface area (Å²) in [4.78, 5) is 16.4. The minimum absolute atomic E-state index is 0.0461. The largest absolute Gasteiger partial charge is 0.368 e. The molecule has 0 aromatic carbocycles. The Morgan fingerprint density at radius 3 is 2.45 bits per heavy atom. The Bertz CT molecular complexity index is 1070. The van der Waals surface area contributed by atoms with Gasteiger partial charge < -0.3 is 10.6 Å². The summed E-state index contributed by atoms with van der Waals surface area (Å²) in [5, 5.41) is 6.30. The first-order valence-corrected chi connectivity index (χ1v) is 10.1. The first-order valence-electron chi connectivity index (χ1n) is 10.1. The third-order valence-electron chi connectivity index (χ3n) is 5.67. The Morgan fingerprint density at radius 2 is 1.81 bits per heavy atom. The maximum absolute atomic E-state index is 13.0. The van der Waals surface area contributed by atoms with Crippen molar-refractivity contribution in [3.05, 3.63) is 53.6 Å². The minimum atomic E-state index is -2.68. The average molecular weight is 437 g/mol. The molecule has 1 fully saturated rings. The van der Waals surface area contributed by atoms with Crippen molar-refractivity contribution in [1.29, 1.82) is 0 Å². The molecular formula is C21H23F4N5O. The van der Waals surface area contributed by atoms with Gasteiger partial charge in [-0.2, -0.15) is 8.78 Å². The normalized spacial score (nSPS) is 19.3. The van der Waals surface area contributed by atoms with Gasteiger partial charge >= 0.3 is 6.55 Å². The third-order valence-corrected chi connectivity index (χ3v) is 5.67. The number of alkyl halides is 4. The van der Waals surface area contributed by atoms with Crippen LogP contribution in [0.25, 0.3) is 5.65 Å². The number of nitrogens with one attached hydrogen (secondary N) is 2. The summed E-state index contributed by atoms with van der Waals surface area (Å²) in [5.74, 6) is 0.329. The molecule has 1 amide bonds. The van der Waals surface area contributed by atoms with Gasteiger partial charge in [-0.25, -0.2) is 13.8 Å². The first kappa shape index (κ1) is 21.2. The maximum Gasteiger partial charge on any atom is 0.318 e. The lowest BCUT2D eigenvalue weighted by Gasteiger charge is -2.30. The number of hydrogen-bond donors (Lipinski definition) is 2. The molecule has 0 bridgehead atoms. The number of amides is 1. The number of rotatable bonds is 6. The van der Waals surface area contributed by atoms with Gasteiger partial charge in [-0.1, -0.05) is 6.07 Å². The number of carbonyl (C=O) groups excluding carboxylic acids is 1. The number of halogens is 4. The monoisotopic (exact) mass is 437 g/mol. The lowest BCUT2D eigenvalue weighted by molar-refractivity contribution is 0.0685. The zero-order chi connectivity index (χ0) is 22.1. The lowest BCUT2D eigenvalue weighted by atomic mass is 9.91. The van der Waals surface area contributed by atoms with Crippen LogP contribution in [0.3, 0.4) is 0 Å². The molecule has 3 aromatic heterocycles. The van der Waals surface area contributed by atoms with Crippen LogP contribution in [0.15, 0.2) is 36.7 Å². The van der Waals surface area contributed by atoms with Crippen molar-refractivity contribution in [3.8, 4) is 0 Å². The summed E-state index contributed by atoms with van der Waals surface area (Å²) in [5.41, 5.74) is 0.736. The lowest BCUT2D eigenvalue weighted by Crippen LogP contribution is -2.40. The highest BCUT2D eigenvalue weighted by Crippen LogP contribution is 2.25. The van der Waals surface area contributed by atoms with Crippen molar-refractivity contribution < 1.29 is 22.4 Å². The number of carbonyl (C=O) groups is 1. The van der Waals surface area contributed by atoms with Crippen LogP contribution in [0.2, 0.25) is 0 Å². The molecule has 0 unspecified atom stereocenters. The molecule has 10 heteroatoms. The van der Waals surface area contributed by atoms with Crippen LogP contribution in [0.4, 0.5) is 23.4 Å². The fourth-order valence-electron chi connectivity index (χ4n) is 4.04. The number of anilines is 1. The number of fused-ring (bicyclic) bond motifs is 1. The van der Waals surface area contributed by atoms with Gasteiger partial charge in [0.15, 0.2) is 0 Å². The number of aromatic nitrogens is 3. The van der Waals surface area contributed by atoms with Gasteiger partial charge in [0.1, 0.15) is 17.2 Å². The zero-order valence-electron chi connectivity index (χ0n) is 16.9. The Hall–Kier alpha value is -3.04. The van der Waals surface area contributed by atoms with E-state index in [0.29, 0.717) is 17.2 Å².